The summed E-state index contributed by atoms with van der Waals surface area (Å²) in [6.07, 6.45) is 0. The number of carboxylic acids is 1. The van der Waals surface area contributed by atoms with Crippen molar-refractivity contribution in [2.24, 2.45) is 0 Å². The van der Waals surface area contributed by atoms with Gasteiger partial charge in [-0.25, -0.2) is 9.48 Å². The molecule has 40 heavy (non-hydrogen) atoms. The zero-order valence-electron chi connectivity index (χ0n) is 21.2. The van der Waals surface area contributed by atoms with Crippen molar-refractivity contribution in [1.29, 1.82) is 0 Å². The number of thioether (sulfide) groups is 2. The number of amides is 2. The normalized spacial score (nSPS) is 20.0. The number of β-lactam (4-membered cyclic amide) rings is 1. The molecule has 216 valence electrons. The van der Waals surface area contributed by atoms with E-state index in [1.165, 1.54) is 23.1 Å². The van der Waals surface area contributed by atoms with Crippen LogP contribution in [0.5, 0.6) is 0 Å². The molecule has 0 radical (unpaired) electrons. The lowest BCUT2D eigenvalue weighted by molar-refractivity contribution is -0.160. The SMILES string of the molecule is CC(C)(C)OC(=O)C(C(=O)NC1C(=O)N2C(C(=O)O)=C(CSc3nnnn3CS(=O)(=O)O)CS[C@H]12)c1cccs1. The monoisotopic (exact) mass is 632 g/mol. The molecular formula is C21H24N6O9S4. The van der Waals surface area contributed by atoms with E-state index in [4.69, 9.17) is 9.29 Å². The van der Waals surface area contributed by atoms with E-state index in [9.17, 15) is 32.7 Å². The molecule has 2 unspecified atom stereocenters. The lowest BCUT2D eigenvalue weighted by atomic mass is 10.0. The summed E-state index contributed by atoms with van der Waals surface area (Å²) in [5, 5.41) is 24.1. The quantitative estimate of drug-likeness (QED) is 0.107. The zero-order chi connectivity index (χ0) is 29.4. The van der Waals surface area contributed by atoms with Gasteiger partial charge in [-0.2, -0.15) is 8.42 Å². The molecular weight excluding hydrogens is 609 g/mol. The molecule has 2 aromatic heterocycles. The highest BCUT2D eigenvalue weighted by atomic mass is 32.2. The highest BCUT2D eigenvalue weighted by Crippen LogP contribution is 2.42. The highest BCUT2D eigenvalue weighted by Gasteiger charge is 2.55. The number of rotatable bonds is 10. The van der Waals surface area contributed by atoms with Crippen LogP contribution in [0.4, 0.5) is 0 Å². The number of esters is 1. The molecule has 2 amide bonds. The maximum Gasteiger partial charge on any atom is 0.352 e. The first-order valence-electron chi connectivity index (χ1n) is 11.5. The highest BCUT2D eigenvalue weighted by molar-refractivity contribution is 8.01. The van der Waals surface area contributed by atoms with Crippen molar-refractivity contribution in [3.8, 4) is 0 Å². The van der Waals surface area contributed by atoms with Gasteiger partial charge >= 0.3 is 11.9 Å². The second kappa shape index (κ2) is 11.5. The van der Waals surface area contributed by atoms with E-state index in [2.05, 4.69) is 20.8 Å². The van der Waals surface area contributed by atoms with Crippen LogP contribution in [-0.4, -0.2) is 95.5 Å². The van der Waals surface area contributed by atoms with Gasteiger partial charge in [0.2, 0.25) is 11.1 Å². The summed E-state index contributed by atoms with van der Waals surface area (Å²) in [6, 6.07) is 2.24. The number of tetrazole rings is 1. The van der Waals surface area contributed by atoms with Gasteiger partial charge in [-0.05, 0) is 48.2 Å². The number of hydrogen-bond donors (Lipinski definition) is 3. The molecule has 0 aromatic carbocycles. The van der Waals surface area contributed by atoms with Crippen molar-refractivity contribution in [3.63, 3.8) is 0 Å². The maximum absolute atomic E-state index is 13.2. The average molecular weight is 633 g/mol. The summed E-state index contributed by atoms with van der Waals surface area (Å²) >= 11 is 3.34. The Balaban J connectivity index is 1.49. The van der Waals surface area contributed by atoms with Crippen molar-refractivity contribution < 1.29 is 42.0 Å². The Morgan fingerprint density at radius 2 is 2.05 bits per heavy atom. The largest absolute Gasteiger partial charge is 0.477 e. The predicted octanol–water partition coefficient (Wildman–Crippen LogP) is 0.536. The number of carboxylic acid groups (broad SMARTS) is 1. The Morgan fingerprint density at radius 1 is 1.32 bits per heavy atom. The molecule has 1 saturated heterocycles. The summed E-state index contributed by atoms with van der Waals surface area (Å²) < 4.78 is 37.7. The van der Waals surface area contributed by atoms with Crippen molar-refractivity contribution in [2.45, 2.75) is 54.7 Å². The smallest absolute Gasteiger partial charge is 0.352 e. The zero-order valence-corrected chi connectivity index (χ0v) is 24.5. The molecule has 0 aliphatic carbocycles. The first-order chi connectivity index (χ1) is 18.7. The predicted molar refractivity (Wildman–Crippen MR) is 143 cm³/mol. The average Bonchev–Trinajstić information content (AvgIpc) is 3.50. The molecule has 0 saturated carbocycles. The number of nitrogens with zero attached hydrogens (tertiary/aromatic N) is 5. The van der Waals surface area contributed by atoms with Crippen LogP contribution in [0, 0.1) is 0 Å². The fourth-order valence-corrected chi connectivity index (χ4v) is 7.62. The molecule has 0 bridgehead atoms. The van der Waals surface area contributed by atoms with E-state index < -0.39 is 62.7 Å². The van der Waals surface area contributed by atoms with E-state index in [1.807, 2.05) is 0 Å². The van der Waals surface area contributed by atoms with Gasteiger partial charge in [0.05, 0.1) is 0 Å². The van der Waals surface area contributed by atoms with Gasteiger partial charge in [0.25, 0.3) is 16.0 Å². The van der Waals surface area contributed by atoms with Crippen LogP contribution in [-0.2, 0) is 39.9 Å². The molecule has 4 heterocycles. The fraction of sp³-hybridized carbons (Fsp3) is 0.476. The summed E-state index contributed by atoms with van der Waals surface area (Å²) in [5.41, 5.74) is -0.758. The van der Waals surface area contributed by atoms with Crippen molar-refractivity contribution in [1.82, 2.24) is 30.4 Å². The van der Waals surface area contributed by atoms with E-state index >= 15 is 0 Å². The standard InChI is InChI=1S/C21H24N6O9S4/c1-21(2,3)36-19(32)12(11-5-4-6-37-11)15(28)22-13-16(29)27-14(18(30)31)10(7-38-17(13)27)8-39-20-23-24-25-26(20)9-40(33,34)35/h4-6,12-13,17H,7-9H2,1-3H3,(H,22,28)(H,30,31)(H,33,34,35)/t12?,13?,17-/m1/s1. The Labute approximate surface area is 240 Å². The number of hydrogen-bond acceptors (Lipinski definition) is 13. The number of carbonyl (C=O) groups excluding carboxylic acids is 3. The Hall–Kier alpha value is -3.00. The second-order valence-corrected chi connectivity index (χ2v) is 14.0. The van der Waals surface area contributed by atoms with Gasteiger partial charge < -0.3 is 15.2 Å². The minimum Gasteiger partial charge on any atom is -0.477 e. The Bertz CT molecular complexity index is 1470. The number of ether oxygens (including phenoxy) is 1. The van der Waals surface area contributed by atoms with Crippen LogP contribution in [0.1, 0.15) is 31.6 Å². The summed E-state index contributed by atoms with van der Waals surface area (Å²) in [4.78, 5) is 52.9. The molecule has 4 rings (SSSR count). The van der Waals surface area contributed by atoms with Gasteiger partial charge in [0.1, 0.15) is 22.7 Å². The Morgan fingerprint density at radius 3 is 2.65 bits per heavy atom. The molecule has 2 aliphatic heterocycles. The van der Waals surface area contributed by atoms with Crippen LogP contribution >= 0.6 is 34.9 Å². The van der Waals surface area contributed by atoms with E-state index in [1.54, 1.807) is 38.3 Å². The van der Waals surface area contributed by atoms with E-state index in [0.29, 0.717) is 10.5 Å². The number of nitrogens with one attached hydrogen (secondary N) is 1. The molecule has 1 fully saturated rings. The van der Waals surface area contributed by atoms with Crippen molar-refractivity contribution in [3.05, 3.63) is 33.7 Å². The van der Waals surface area contributed by atoms with E-state index in [-0.39, 0.29) is 22.4 Å². The number of fused-ring (bicyclic) bond motifs is 1. The number of aromatic nitrogens is 4. The lowest BCUT2D eigenvalue weighted by Crippen LogP contribution is -2.71. The molecule has 2 aliphatic rings. The second-order valence-electron chi connectivity index (χ2n) is 9.60. The maximum atomic E-state index is 13.2. The third kappa shape index (κ3) is 6.65. The van der Waals surface area contributed by atoms with Gasteiger partial charge in [-0.1, -0.05) is 17.8 Å². The molecule has 0 spiro atoms. The van der Waals surface area contributed by atoms with Crippen LogP contribution in [0.15, 0.2) is 33.9 Å². The summed E-state index contributed by atoms with van der Waals surface area (Å²) in [5.74, 6) is -5.52. The molecule has 3 atom stereocenters. The topological polar surface area (TPSA) is 211 Å². The number of thiophene rings is 1. The van der Waals surface area contributed by atoms with Gasteiger partial charge in [0.15, 0.2) is 11.8 Å². The van der Waals surface area contributed by atoms with Crippen LogP contribution in [0.3, 0.4) is 0 Å². The molecule has 19 heteroatoms. The third-order valence-electron chi connectivity index (χ3n) is 5.44. The van der Waals surface area contributed by atoms with Crippen molar-refractivity contribution in [2.75, 3.05) is 11.5 Å². The fourth-order valence-electron chi connectivity index (χ4n) is 3.89. The molecule has 2 aromatic rings. The Kier molecular flexibility index (Phi) is 8.60. The van der Waals surface area contributed by atoms with E-state index in [0.717, 1.165) is 21.3 Å². The van der Waals surface area contributed by atoms with Crippen LogP contribution in [0.2, 0.25) is 0 Å². The minimum atomic E-state index is -4.42. The van der Waals surface area contributed by atoms with Crippen LogP contribution < -0.4 is 5.32 Å². The molecule has 3 N–H and O–H groups in total. The first-order valence-corrected chi connectivity index (χ1v) is 16.0. The minimum absolute atomic E-state index is 0.00705. The third-order valence-corrected chi connectivity index (χ3v) is 9.33. The molecule has 15 nitrogen and oxygen atoms in total. The summed E-state index contributed by atoms with van der Waals surface area (Å²) in [7, 11) is -4.42. The van der Waals surface area contributed by atoms with Gasteiger partial charge in [-0.3, -0.25) is 23.8 Å². The van der Waals surface area contributed by atoms with Gasteiger partial charge in [0, 0.05) is 16.4 Å². The number of aliphatic carboxylic acids is 1. The summed E-state index contributed by atoms with van der Waals surface area (Å²) in [6.45, 7) is 5.01. The van der Waals surface area contributed by atoms with Gasteiger partial charge in [-0.15, -0.1) is 28.2 Å². The van der Waals surface area contributed by atoms with Crippen LogP contribution in [0.25, 0.3) is 0 Å². The van der Waals surface area contributed by atoms with Crippen molar-refractivity contribution >= 4 is 68.7 Å². The number of carbonyl (C=O) groups is 4. The first kappa shape index (κ1) is 30.0. The lowest BCUT2D eigenvalue weighted by Gasteiger charge is -2.49.